The van der Waals surface area contributed by atoms with Gasteiger partial charge in [0.05, 0.1) is 0 Å². The predicted molar refractivity (Wildman–Crippen MR) is 60.1 cm³/mol. The van der Waals surface area contributed by atoms with Crippen molar-refractivity contribution in [1.29, 1.82) is 0 Å². The van der Waals surface area contributed by atoms with Crippen LogP contribution in [0.3, 0.4) is 0 Å². The maximum absolute atomic E-state index is 11.9. The van der Waals surface area contributed by atoms with Crippen molar-refractivity contribution in [1.82, 2.24) is 15.1 Å². The fraction of sp³-hybridized carbons (Fsp3) is 0.300. The van der Waals surface area contributed by atoms with Crippen LogP contribution >= 0.6 is 0 Å². The summed E-state index contributed by atoms with van der Waals surface area (Å²) in [6.07, 6.45) is 1.99. The van der Waals surface area contributed by atoms with Crippen molar-refractivity contribution >= 4 is 23.9 Å². The quantitative estimate of drug-likeness (QED) is 0.685. The van der Waals surface area contributed by atoms with Gasteiger partial charge in [0.25, 0.3) is 5.56 Å². The molecule has 8 heteroatoms. The lowest BCUT2D eigenvalue weighted by atomic mass is 10.3. The number of rotatable bonds is 3. The van der Waals surface area contributed by atoms with Crippen LogP contribution in [0.25, 0.3) is 0 Å². The summed E-state index contributed by atoms with van der Waals surface area (Å²) in [5, 5.41) is 5.83. The zero-order chi connectivity index (χ0) is 13.1. The van der Waals surface area contributed by atoms with Crippen LogP contribution < -0.4 is 15.8 Å². The number of urea groups is 1. The highest BCUT2D eigenvalue weighted by Gasteiger charge is 2.26. The van der Waals surface area contributed by atoms with Gasteiger partial charge in [0, 0.05) is 19.2 Å². The Labute approximate surface area is 101 Å². The van der Waals surface area contributed by atoms with Gasteiger partial charge in [0.1, 0.15) is 18.5 Å². The van der Waals surface area contributed by atoms with Crippen molar-refractivity contribution in [2.75, 3.05) is 11.4 Å². The summed E-state index contributed by atoms with van der Waals surface area (Å²) in [5.74, 6) is -0.376. The summed E-state index contributed by atoms with van der Waals surface area (Å²) in [6, 6.07) is 0.728. The molecule has 0 radical (unpaired) electrons. The first-order valence-electron chi connectivity index (χ1n) is 5.24. The van der Waals surface area contributed by atoms with Gasteiger partial charge in [-0.25, -0.2) is 9.48 Å². The van der Waals surface area contributed by atoms with Gasteiger partial charge in [0.15, 0.2) is 0 Å². The molecule has 18 heavy (non-hydrogen) atoms. The first-order chi connectivity index (χ1) is 8.63. The van der Waals surface area contributed by atoms with E-state index >= 15 is 0 Å². The number of amides is 3. The molecule has 0 saturated carbocycles. The van der Waals surface area contributed by atoms with Crippen LogP contribution in [0.5, 0.6) is 0 Å². The SMILES string of the molecule is O=CCn1nccc(N2CCC(=O)NC2=O)c1=O. The Morgan fingerprint density at radius 2 is 2.17 bits per heavy atom. The molecule has 1 aromatic heterocycles. The Morgan fingerprint density at radius 1 is 1.39 bits per heavy atom. The largest absolute Gasteiger partial charge is 0.328 e. The number of aldehydes is 1. The molecule has 1 aliphatic heterocycles. The third kappa shape index (κ3) is 2.12. The molecule has 1 fully saturated rings. The van der Waals surface area contributed by atoms with Gasteiger partial charge in [-0.15, -0.1) is 0 Å². The minimum absolute atomic E-state index is 0.0943. The van der Waals surface area contributed by atoms with E-state index in [1.807, 2.05) is 0 Å². The first-order valence-corrected chi connectivity index (χ1v) is 5.24. The fourth-order valence-electron chi connectivity index (χ4n) is 1.64. The fourth-order valence-corrected chi connectivity index (χ4v) is 1.64. The summed E-state index contributed by atoms with van der Waals surface area (Å²) in [7, 11) is 0. The van der Waals surface area contributed by atoms with Crippen LogP contribution in [-0.2, 0) is 16.1 Å². The molecule has 1 saturated heterocycles. The molecule has 0 unspecified atom stereocenters. The molecule has 1 aliphatic rings. The lowest BCUT2D eigenvalue weighted by Crippen LogP contribution is -2.51. The standard InChI is InChI=1S/C10H10N4O4/c15-6-5-14-9(17)7(1-3-11-14)13-4-2-8(16)12-10(13)18/h1,3,6H,2,4-5H2,(H,12,16,18). The number of nitrogens with one attached hydrogen (secondary N) is 1. The summed E-state index contributed by atoms with van der Waals surface area (Å²) >= 11 is 0. The van der Waals surface area contributed by atoms with Crippen molar-refractivity contribution < 1.29 is 14.4 Å². The lowest BCUT2D eigenvalue weighted by molar-refractivity contribution is -0.120. The molecule has 8 nitrogen and oxygen atoms in total. The van der Waals surface area contributed by atoms with Crippen LogP contribution in [0.1, 0.15) is 6.42 Å². The maximum atomic E-state index is 11.9. The summed E-state index contributed by atoms with van der Waals surface area (Å²) in [4.78, 5) is 46.1. The Morgan fingerprint density at radius 3 is 2.83 bits per heavy atom. The van der Waals surface area contributed by atoms with E-state index in [1.54, 1.807) is 0 Å². The van der Waals surface area contributed by atoms with Gasteiger partial charge in [0.2, 0.25) is 5.91 Å². The molecule has 94 valence electrons. The van der Waals surface area contributed by atoms with E-state index in [0.29, 0.717) is 6.29 Å². The second-order valence-electron chi connectivity index (χ2n) is 3.63. The summed E-state index contributed by atoms with van der Waals surface area (Å²) in [6.45, 7) is -0.0495. The monoisotopic (exact) mass is 250 g/mol. The molecule has 1 aromatic rings. The third-order valence-electron chi connectivity index (χ3n) is 2.48. The van der Waals surface area contributed by atoms with Gasteiger partial charge < -0.3 is 4.79 Å². The summed E-state index contributed by atoms with van der Waals surface area (Å²) < 4.78 is 0.950. The van der Waals surface area contributed by atoms with Crippen molar-refractivity contribution in [3.8, 4) is 0 Å². The van der Waals surface area contributed by atoms with Crippen molar-refractivity contribution in [3.05, 3.63) is 22.6 Å². The Balaban J connectivity index is 2.36. The molecule has 1 N–H and O–H groups in total. The van der Waals surface area contributed by atoms with Gasteiger partial charge in [-0.05, 0) is 6.07 Å². The smallest absolute Gasteiger partial charge is 0.301 e. The number of imide groups is 1. The van der Waals surface area contributed by atoms with Gasteiger partial charge in [-0.2, -0.15) is 5.10 Å². The summed E-state index contributed by atoms with van der Waals surface area (Å²) in [5.41, 5.74) is -0.453. The van der Waals surface area contributed by atoms with Crippen LogP contribution in [0, 0.1) is 0 Å². The number of aromatic nitrogens is 2. The van der Waals surface area contributed by atoms with E-state index in [4.69, 9.17) is 0 Å². The number of carbonyl (C=O) groups is 3. The second-order valence-corrected chi connectivity index (χ2v) is 3.63. The molecule has 2 rings (SSSR count). The number of anilines is 1. The number of nitrogens with zero attached hydrogens (tertiary/aromatic N) is 3. The highest BCUT2D eigenvalue weighted by atomic mass is 16.2. The topological polar surface area (TPSA) is 101 Å². The van der Waals surface area contributed by atoms with Crippen LogP contribution in [0.2, 0.25) is 0 Å². The zero-order valence-corrected chi connectivity index (χ0v) is 9.33. The molecule has 0 bridgehead atoms. The molecule has 0 aliphatic carbocycles. The minimum Gasteiger partial charge on any atom is -0.301 e. The molecule has 0 spiro atoms. The van der Waals surface area contributed by atoms with E-state index < -0.39 is 11.6 Å². The van der Waals surface area contributed by atoms with Gasteiger partial charge in [-0.3, -0.25) is 19.8 Å². The van der Waals surface area contributed by atoms with E-state index in [9.17, 15) is 19.2 Å². The van der Waals surface area contributed by atoms with Crippen LogP contribution in [0.4, 0.5) is 10.5 Å². The van der Waals surface area contributed by atoms with E-state index in [1.165, 1.54) is 12.3 Å². The molecule has 0 atom stereocenters. The lowest BCUT2D eigenvalue weighted by Gasteiger charge is -2.25. The first kappa shape index (κ1) is 12.0. The van der Waals surface area contributed by atoms with Gasteiger partial charge in [-0.1, -0.05) is 0 Å². The third-order valence-corrected chi connectivity index (χ3v) is 2.48. The predicted octanol–water partition coefficient (Wildman–Crippen LogP) is -1.11. The van der Waals surface area contributed by atoms with E-state index in [0.717, 1.165) is 9.58 Å². The average Bonchev–Trinajstić information content (AvgIpc) is 2.33. The highest BCUT2D eigenvalue weighted by molar-refractivity contribution is 6.05. The minimum atomic E-state index is -0.646. The Kier molecular flexibility index (Phi) is 3.18. The second kappa shape index (κ2) is 4.78. The van der Waals surface area contributed by atoms with Crippen molar-refractivity contribution in [2.45, 2.75) is 13.0 Å². The van der Waals surface area contributed by atoms with Crippen molar-refractivity contribution in [2.24, 2.45) is 0 Å². The van der Waals surface area contributed by atoms with Crippen LogP contribution in [-0.4, -0.2) is 34.5 Å². The maximum Gasteiger partial charge on any atom is 0.328 e. The zero-order valence-electron chi connectivity index (χ0n) is 9.33. The number of hydrogen-bond donors (Lipinski definition) is 1. The van der Waals surface area contributed by atoms with Gasteiger partial charge >= 0.3 is 6.03 Å². The molecular weight excluding hydrogens is 240 g/mol. The highest BCUT2D eigenvalue weighted by Crippen LogP contribution is 2.10. The van der Waals surface area contributed by atoms with Crippen LogP contribution in [0.15, 0.2) is 17.1 Å². The average molecular weight is 250 g/mol. The Bertz CT molecular complexity index is 565. The Hall–Kier alpha value is -2.51. The van der Waals surface area contributed by atoms with E-state index in [-0.39, 0.29) is 31.1 Å². The van der Waals surface area contributed by atoms with E-state index in [2.05, 4.69) is 10.4 Å². The normalized spacial score (nSPS) is 15.4. The number of hydrogen-bond acceptors (Lipinski definition) is 5. The molecular formula is C10H10N4O4. The molecule has 0 aromatic carbocycles. The molecule has 3 amide bonds. The number of carbonyl (C=O) groups excluding carboxylic acids is 3. The van der Waals surface area contributed by atoms with Crippen molar-refractivity contribution in [3.63, 3.8) is 0 Å². The molecule has 2 heterocycles.